The van der Waals surface area contributed by atoms with Crippen molar-refractivity contribution in [3.05, 3.63) is 0 Å². The number of aliphatic hydroxyl groups is 4. The molecular weight excluding hydrogens is 264 g/mol. The molecule has 1 unspecified atom stereocenters. The van der Waals surface area contributed by atoms with Gasteiger partial charge in [0, 0.05) is 6.61 Å². The smallest absolute Gasteiger partial charge is 0.186 e. The van der Waals surface area contributed by atoms with Gasteiger partial charge in [-0.15, -0.1) is 0 Å². The fourth-order valence-corrected chi connectivity index (χ4v) is 2.31. The van der Waals surface area contributed by atoms with Gasteiger partial charge < -0.3 is 29.9 Å². The summed E-state index contributed by atoms with van der Waals surface area (Å²) in [6, 6.07) is 0. The molecule has 6 heteroatoms. The van der Waals surface area contributed by atoms with Crippen LogP contribution < -0.4 is 0 Å². The van der Waals surface area contributed by atoms with E-state index in [1.165, 1.54) is 25.7 Å². The predicted octanol–water partition coefficient (Wildman–Crippen LogP) is 0.163. The summed E-state index contributed by atoms with van der Waals surface area (Å²) < 4.78 is 10.6. The summed E-state index contributed by atoms with van der Waals surface area (Å²) in [4.78, 5) is 0. The minimum Gasteiger partial charge on any atom is -0.394 e. The van der Waals surface area contributed by atoms with E-state index in [1.54, 1.807) is 0 Å². The quantitative estimate of drug-likeness (QED) is 0.428. The van der Waals surface area contributed by atoms with E-state index in [1.807, 2.05) is 0 Å². The van der Waals surface area contributed by atoms with E-state index in [0.717, 1.165) is 12.8 Å². The van der Waals surface area contributed by atoms with Crippen LogP contribution in [-0.2, 0) is 9.47 Å². The molecule has 1 saturated heterocycles. The molecule has 0 aromatic carbocycles. The van der Waals surface area contributed by atoms with E-state index in [2.05, 4.69) is 6.92 Å². The zero-order valence-corrected chi connectivity index (χ0v) is 12.1. The summed E-state index contributed by atoms with van der Waals surface area (Å²) in [5.41, 5.74) is 0. The topological polar surface area (TPSA) is 99.4 Å². The highest BCUT2D eigenvalue weighted by atomic mass is 16.7. The Morgan fingerprint density at radius 2 is 1.70 bits per heavy atom. The number of hydrogen-bond acceptors (Lipinski definition) is 6. The monoisotopic (exact) mass is 292 g/mol. The molecule has 0 radical (unpaired) electrons. The first-order valence-corrected chi connectivity index (χ1v) is 7.54. The van der Waals surface area contributed by atoms with Crippen LogP contribution in [-0.4, -0.2) is 64.3 Å². The average molecular weight is 292 g/mol. The Hall–Kier alpha value is -0.240. The van der Waals surface area contributed by atoms with Gasteiger partial charge in [0.05, 0.1) is 6.61 Å². The Morgan fingerprint density at radius 1 is 1.05 bits per heavy atom. The van der Waals surface area contributed by atoms with E-state index < -0.39 is 37.3 Å². The van der Waals surface area contributed by atoms with Crippen LogP contribution in [0.15, 0.2) is 0 Å². The van der Waals surface area contributed by atoms with Crippen molar-refractivity contribution in [1.82, 2.24) is 0 Å². The van der Waals surface area contributed by atoms with E-state index in [4.69, 9.17) is 14.6 Å². The van der Waals surface area contributed by atoms with Crippen molar-refractivity contribution in [3.8, 4) is 0 Å². The molecule has 0 aromatic heterocycles. The van der Waals surface area contributed by atoms with Gasteiger partial charge in [0.15, 0.2) is 6.29 Å². The summed E-state index contributed by atoms with van der Waals surface area (Å²) in [6.07, 6.45) is 1.19. The Kier molecular flexibility index (Phi) is 8.60. The second kappa shape index (κ2) is 9.65. The molecule has 1 fully saturated rings. The third-order valence-corrected chi connectivity index (χ3v) is 3.60. The average Bonchev–Trinajstić information content (AvgIpc) is 2.74. The molecule has 20 heavy (non-hydrogen) atoms. The molecule has 1 aliphatic rings. The lowest BCUT2D eigenvalue weighted by Crippen LogP contribution is -2.40. The molecule has 0 saturated carbocycles. The van der Waals surface area contributed by atoms with Gasteiger partial charge in [0.1, 0.15) is 24.4 Å². The molecule has 0 aromatic rings. The van der Waals surface area contributed by atoms with Crippen LogP contribution in [0.5, 0.6) is 0 Å². The van der Waals surface area contributed by atoms with E-state index >= 15 is 0 Å². The zero-order chi connectivity index (χ0) is 15.0. The number of unbranched alkanes of at least 4 members (excludes halogenated alkanes) is 5. The standard InChI is InChI=1S/C14H28O6/c1-2-3-4-5-6-7-8-19-14-12(18)11(17)13(20-14)10(16)9-15/h10-18H,2-9H2,1H3/t10-,11-,12-,13-,14?/m1/s1. The molecule has 0 amide bonds. The molecule has 1 rings (SSSR count). The van der Waals surface area contributed by atoms with Crippen LogP contribution in [0.25, 0.3) is 0 Å². The second-order valence-electron chi connectivity index (χ2n) is 5.34. The first-order chi connectivity index (χ1) is 9.61. The van der Waals surface area contributed by atoms with Gasteiger partial charge in [-0.1, -0.05) is 39.0 Å². The van der Waals surface area contributed by atoms with Crippen LogP contribution in [0.1, 0.15) is 45.4 Å². The van der Waals surface area contributed by atoms with Crippen molar-refractivity contribution in [1.29, 1.82) is 0 Å². The summed E-state index contributed by atoms with van der Waals surface area (Å²) in [7, 11) is 0. The molecule has 0 bridgehead atoms. The van der Waals surface area contributed by atoms with E-state index in [-0.39, 0.29) is 0 Å². The fourth-order valence-electron chi connectivity index (χ4n) is 2.31. The second-order valence-corrected chi connectivity index (χ2v) is 5.34. The van der Waals surface area contributed by atoms with Crippen molar-refractivity contribution < 1.29 is 29.9 Å². The highest BCUT2D eigenvalue weighted by molar-refractivity contribution is 4.90. The van der Waals surface area contributed by atoms with Crippen molar-refractivity contribution in [3.63, 3.8) is 0 Å². The SMILES string of the molecule is CCCCCCCCOC1O[C@H]([C@H](O)CO)[C@H](O)[C@H]1O. The number of aliphatic hydroxyl groups excluding tert-OH is 4. The molecule has 6 nitrogen and oxygen atoms in total. The minimum atomic E-state index is -1.24. The third-order valence-electron chi connectivity index (χ3n) is 3.60. The van der Waals surface area contributed by atoms with Crippen LogP contribution in [0, 0.1) is 0 Å². The fraction of sp³-hybridized carbons (Fsp3) is 1.00. The highest BCUT2D eigenvalue weighted by Crippen LogP contribution is 2.24. The summed E-state index contributed by atoms with van der Waals surface area (Å²) in [5.74, 6) is 0. The van der Waals surface area contributed by atoms with E-state index in [9.17, 15) is 15.3 Å². The Labute approximate surface area is 120 Å². The van der Waals surface area contributed by atoms with Crippen LogP contribution in [0.3, 0.4) is 0 Å². The van der Waals surface area contributed by atoms with Crippen LogP contribution >= 0.6 is 0 Å². The van der Waals surface area contributed by atoms with Gasteiger partial charge in [-0.25, -0.2) is 0 Å². The Morgan fingerprint density at radius 3 is 2.35 bits per heavy atom. The van der Waals surface area contributed by atoms with Crippen LogP contribution in [0.4, 0.5) is 0 Å². The number of ether oxygens (including phenoxy) is 2. The van der Waals surface area contributed by atoms with Gasteiger partial charge >= 0.3 is 0 Å². The first-order valence-electron chi connectivity index (χ1n) is 7.54. The molecular formula is C14H28O6. The molecule has 120 valence electrons. The molecule has 1 heterocycles. The lowest BCUT2D eigenvalue weighted by atomic mass is 10.1. The van der Waals surface area contributed by atoms with Gasteiger partial charge in [0.2, 0.25) is 0 Å². The van der Waals surface area contributed by atoms with Gasteiger partial charge in [-0.2, -0.15) is 0 Å². The largest absolute Gasteiger partial charge is 0.394 e. The van der Waals surface area contributed by atoms with Crippen LogP contribution in [0.2, 0.25) is 0 Å². The maximum Gasteiger partial charge on any atom is 0.186 e. The highest BCUT2D eigenvalue weighted by Gasteiger charge is 2.46. The lowest BCUT2D eigenvalue weighted by Gasteiger charge is -2.18. The Balaban J connectivity index is 2.17. The molecule has 4 N–H and O–H groups in total. The van der Waals surface area contributed by atoms with Crippen molar-refractivity contribution in [2.24, 2.45) is 0 Å². The van der Waals surface area contributed by atoms with Crippen molar-refractivity contribution in [2.45, 2.75) is 76.2 Å². The predicted molar refractivity (Wildman–Crippen MR) is 73.1 cm³/mol. The molecule has 1 aliphatic heterocycles. The Bertz CT molecular complexity index is 250. The summed E-state index contributed by atoms with van der Waals surface area (Å²) in [5, 5.41) is 37.7. The summed E-state index contributed by atoms with van der Waals surface area (Å²) in [6.45, 7) is 2.09. The first kappa shape index (κ1) is 17.8. The normalized spacial score (nSPS) is 31.6. The van der Waals surface area contributed by atoms with Gasteiger partial charge in [0.25, 0.3) is 0 Å². The molecule has 0 spiro atoms. The third kappa shape index (κ3) is 5.27. The summed E-state index contributed by atoms with van der Waals surface area (Å²) >= 11 is 0. The van der Waals surface area contributed by atoms with Gasteiger partial charge in [-0.3, -0.25) is 0 Å². The molecule has 5 atom stereocenters. The minimum absolute atomic E-state index is 0.447. The van der Waals surface area contributed by atoms with Gasteiger partial charge in [-0.05, 0) is 6.42 Å². The maximum absolute atomic E-state index is 9.75. The zero-order valence-electron chi connectivity index (χ0n) is 12.1. The molecule has 0 aliphatic carbocycles. The van der Waals surface area contributed by atoms with Crippen molar-refractivity contribution in [2.75, 3.05) is 13.2 Å². The lowest BCUT2D eigenvalue weighted by molar-refractivity contribution is -0.181. The maximum atomic E-state index is 9.75. The van der Waals surface area contributed by atoms with E-state index in [0.29, 0.717) is 6.61 Å². The van der Waals surface area contributed by atoms with Crippen molar-refractivity contribution >= 4 is 0 Å². The number of hydrogen-bond donors (Lipinski definition) is 4. The number of rotatable bonds is 10.